The lowest BCUT2D eigenvalue weighted by atomic mass is 9.84. The molecule has 0 aromatic heterocycles. The molecule has 0 spiro atoms. The SMILES string of the molecule is CCOc1ccc(C(C)(C)CNC(C)=O)cc1F. The minimum Gasteiger partial charge on any atom is -0.491 e. The van der Waals surface area contributed by atoms with Crippen molar-refractivity contribution >= 4 is 5.91 Å². The Kier molecular flexibility index (Phi) is 4.70. The van der Waals surface area contributed by atoms with E-state index in [2.05, 4.69) is 5.32 Å². The summed E-state index contributed by atoms with van der Waals surface area (Å²) in [5.41, 5.74) is 0.509. The van der Waals surface area contributed by atoms with Crippen LogP contribution in [0, 0.1) is 5.82 Å². The van der Waals surface area contributed by atoms with Gasteiger partial charge in [0.1, 0.15) is 0 Å². The number of ether oxygens (including phenoxy) is 1. The number of rotatable bonds is 5. The van der Waals surface area contributed by atoms with Crippen molar-refractivity contribution in [2.45, 2.75) is 33.1 Å². The van der Waals surface area contributed by atoms with E-state index in [9.17, 15) is 9.18 Å². The van der Waals surface area contributed by atoms with Gasteiger partial charge in [-0.25, -0.2) is 4.39 Å². The van der Waals surface area contributed by atoms with Gasteiger partial charge >= 0.3 is 0 Å². The van der Waals surface area contributed by atoms with Crippen molar-refractivity contribution in [3.05, 3.63) is 29.6 Å². The number of halogens is 1. The van der Waals surface area contributed by atoms with Crippen molar-refractivity contribution in [1.29, 1.82) is 0 Å². The molecule has 0 bridgehead atoms. The molecule has 0 heterocycles. The third-order valence-electron chi connectivity index (χ3n) is 2.79. The molecule has 3 nitrogen and oxygen atoms in total. The molecule has 0 saturated carbocycles. The van der Waals surface area contributed by atoms with Crippen LogP contribution in [0.25, 0.3) is 0 Å². The summed E-state index contributed by atoms with van der Waals surface area (Å²) in [5, 5.41) is 2.75. The van der Waals surface area contributed by atoms with Gasteiger partial charge in [0.05, 0.1) is 6.61 Å². The molecule has 4 heteroatoms. The first kappa shape index (κ1) is 14.5. The average Bonchev–Trinajstić information content (AvgIpc) is 2.29. The molecule has 0 aliphatic carbocycles. The van der Waals surface area contributed by atoms with Crippen molar-refractivity contribution in [3.63, 3.8) is 0 Å². The van der Waals surface area contributed by atoms with E-state index in [0.717, 1.165) is 5.56 Å². The van der Waals surface area contributed by atoms with Crippen LogP contribution >= 0.6 is 0 Å². The number of benzene rings is 1. The Labute approximate surface area is 107 Å². The number of amides is 1. The zero-order chi connectivity index (χ0) is 13.8. The van der Waals surface area contributed by atoms with Gasteiger partial charge < -0.3 is 10.1 Å². The second-order valence-electron chi connectivity index (χ2n) is 4.87. The highest BCUT2D eigenvalue weighted by Gasteiger charge is 2.22. The molecule has 18 heavy (non-hydrogen) atoms. The molecule has 0 fully saturated rings. The topological polar surface area (TPSA) is 38.3 Å². The lowest BCUT2D eigenvalue weighted by molar-refractivity contribution is -0.119. The van der Waals surface area contributed by atoms with E-state index in [-0.39, 0.29) is 22.9 Å². The quantitative estimate of drug-likeness (QED) is 0.876. The van der Waals surface area contributed by atoms with Crippen LogP contribution < -0.4 is 10.1 Å². The summed E-state index contributed by atoms with van der Waals surface area (Å²) in [6.07, 6.45) is 0. The third kappa shape index (κ3) is 3.72. The van der Waals surface area contributed by atoms with Gasteiger partial charge in [-0.05, 0) is 24.6 Å². The summed E-state index contributed by atoms with van der Waals surface area (Å²) in [6.45, 7) is 8.10. The largest absolute Gasteiger partial charge is 0.491 e. The smallest absolute Gasteiger partial charge is 0.216 e. The van der Waals surface area contributed by atoms with Gasteiger partial charge in [0.25, 0.3) is 0 Å². The van der Waals surface area contributed by atoms with Crippen molar-refractivity contribution in [2.75, 3.05) is 13.2 Å². The zero-order valence-electron chi connectivity index (χ0n) is 11.3. The number of carbonyl (C=O) groups excluding carboxylic acids is 1. The van der Waals surface area contributed by atoms with Gasteiger partial charge in [0.15, 0.2) is 11.6 Å². The van der Waals surface area contributed by atoms with Gasteiger partial charge in [0.2, 0.25) is 5.91 Å². The fourth-order valence-electron chi connectivity index (χ4n) is 1.64. The Morgan fingerprint density at radius 3 is 2.61 bits per heavy atom. The number of hydrogen-bond donors (Lipinski definition) is 1. The summed E-state index contributed by atoms with van der Waals surface area (Å²) in [4.78, 5) is 10.9. The van der Waals surface area contributed by atoms with Crippen LogP contribution in [-0.4, -0.2) is 19.1 Å². The first-order valence-electron chi connectivity index (χ1n) is 6.04. The lowest BCUT2D eigenvalue weighted by Crippen LogP contribution is -2.35. The molecule has 1 aromatic rings. The van der Waals surface area contributed by atoms with Crippen LogP contribution in [0.1, 0.15) is 33.3 Å². The Hall–Kier alpha value is -1.58. The van der Waals surface area contributed by atoms with Crippen LogP contribution in [0.4, 0.5) is 4.39 Å². The van der Waals surface area contributed by atoms with E-state index < -0.39 is 0 Å². The molecule has 1 rings (SSSR count). The van der Waals surface area contributed by atoms with Crippen molar-refractivity contribution in [1.82, 2.24) is 5.32 Å². The average molecular weight is 253 g/mol. The first-order chi connectivity index (χ1) is 8.36. The minimum absolute atomic E-state index is 0.0884. The Balaban J connectivity index is 2.88. The minimum atomic E-state index is -0.370. The zero-order valence-corrected chi connectivity index (χ0v) is 11.3. The second kappa shape index (κ2) is 5.85. The van der Waals surface area contributed by atoms with Gasteiger partial charge in [-0.3, -0.25) is 4.79 Å². The number of carbonyl (C=O) groups is 1. The Morgan fingerprint density at radius 1 is 1.44 bits per heavy atom. The highest BCUT2D eigenvalue weighted by atomic mass is 19.1. The molecule has 1 N–H and O–H groups in total. The summed E-state index contributed by atoms with van der Waals surface area (Å²) in [5.74, 6) is -0.198. The summed E-state index contributed by atoms with van der Waals surface area (Å²) in [7, 11) is 0. The molecule has 1 amide bonds. The molecule has 0 saturated heterocycles. The Morgan fingerprint density at radius 2 is 2.11 bits per heavy atom. The van der Waals surface area contributed by atoms with E-state index in [0.29, 0.717) is 13.2 Å². The highest BCUT2D eigenvalue weighted by Crippen LogP contribution is 2.27. The molecule has 100 valence electrons. The maximum absolute atomic E-state index is 13.8. The van der Waals surface area contributed by atoms with Crippen LogP contribution in [0.2, 0.25) is 0 Å². The summed E-state index contributed by atoms with van der Waals surface area (Å²) < 4.78 is 18.9. The standard InChI is InChI=1S/C14H20FNO2/c1-5-18-13-7-6-11(8-12(13)15)14(3,4)9-16-10(2)17/h6-8H,5,9H2,1-4H3,(H,16,17). The van der Waals surface area contributed by atoms with Crippen LogP contribution in [0.3, 0.4) is 0 Å². The van der Waals surface area contributed by atoms with E-state index >= 15 is 0 Å². The molecule has 0 unspecified atom stereocenters. The van der Waals surface area contributed by atoms with Gasteiger partial charge in [-0.15, -0.1) is 0 Å². The Bertz CT molecular complexity index is 430. The molecule has 1 aromatic carbocycles. The monoisotopic (exact) mass is 253 g/mol. The number of nitrogens with one attached hydrogen (secondary N) is 1. The van der Waals surface area contributed by atoms with Crippen LogP contribution in [0.5, 0.6) is 5.75 Å². The normalized spacial score (nSPS) is 11.2. The second-order valence-corrected chi connectivity index (χ2v) is 4.87. The summed E-state index contributed by atoms with van der Waals surface area (Å²) >= 11 is 0. The molecule has 0 atom stereocenters. The van der Waals surface area contributed by atoms with E-state index in [4.69, 9.17) is 4.74 Å². The van der Waals surface area contributed by atoms with Crippen LogP contribution in [0.15, 0.2) is 18.2 Å². The van der Waals surface area contributed by atoms with Crippen LogP contribution in [-0.2, 0) is 10.2 Å². The molecule has 0 radical (unpaired) electrons. The van der Waals surface area contributed by atoms with Crippen molar-refractivity contribution in [2.24, 2.45) is 0 Å². The predicted molar refractivity (Wildman–Crippen MR) is 69.3 cm³/mol. The van der Waals surface area contributed by atoms with Gasteiger partial charge in [0, 0.05) is 18.9 Å². The first-order valence-corrected chi connectivity index (χ1v) is 6.04. The van der Waals surface area contributed by atoms with E-state index in [1.807, 2.05) is 26.8 Å². The molecule has 0 aliphatic heterocycles. The van der Waals surface area contributed by atoms with E-state index in [1.165, 1.54) is 13.0 Å². The maximum atomic E-state index is 13.8. The molecular weight excluding hydrogens is 233 g/mol. The van der Waals surface area contributed by atoms with Crippen molar-refractivity contribution < 1.29 is 13.9 Å². The van der Waals surface area contributed by atoms with Gasteiger partial charge in [-0.2, -0.15) is 0 Å². The highest BCUT2D eigenvalue weighted by molar-refractivity contribution is 5.72. The fraction of sp³-hybridized carbons (Fsp3) is 0.500. The van der Waals surface area contributed by atoms with Crippen molar-refractivity contribution in [3.8, 4) is 5.75 Å². The van der Waals surface area contributed by atoms with E-state index in [1.54, 1.807) is 6.07 Å². The maximum Gasteiger partial charge on any atom is 0.216 e. The van der Waals surface area contributed by atoms with Gasteiger partial charge in [-0.1, -0.05) is 19.9 Å². The lowest BCUT2D eigenvalue weighted by Gasteiger charge is -2.25. The fourth-order valence-corrected chi connectivity index (χ4v) is 1.64. The number of hydrogen-bond acceptors (Lipinski definition) is 2. The third-order valence-corrected chi connectivity index (χ3v) is 2.79. The summed E-state index contributed by atoms with van der Waals surface area (Å²) in [6, 6.07) is 4.92. The molecule has 0 aliphatic rings. The molecular formula is C14H20FNO2. The predicted octanol–water partition coefficient (Wildman–Crippen LogP) is 2.64.